The van der Waals surface area contributed by atoms with Gasteiger partial charge in [-0.2, -0.15) is 0 Å². The molecular weight excluding hydrogens is 430 g/mol. The molecule has 9 heteroatoms. The van der Waals surface area contributed by atoms with E-state index < -0.39 is 10.0 Å². The van der Waals surface area contributed by atoms with Gasteiger partial charge in [-0.1, -0.05) is 6.07 Å². The lowest BCUT2D eigenvalue weighted by atomic mass is 9.98. The molecule has 0 atom stereocenters. The second-order valence-electron chi connectivity index (χ2n) is 7.78. The molecule has 31 heavy (non-hydrogen) atoms. The summed E-state index contributed by atoms with van der Waals surface area (Å²) >= 11 is 1.61. The first-order chi connectivity index (χ1) is 14.9. The molecule has 2 aromatic heterocycles. The van der Waals surface area contributed by atoms with E-state index >= 15 is 0 Å². The van der Waals surface area contributed by atoms with E-state index in [2.05, 4.69) is 43.6 Å². The van der Waals surface area contributed by atoms with Crippen molar-refractivity contribution >= 4 is 43.8 Å². The number of thiazole rings is 1. The molecule has 1 N–H and O–H groups in total. The first-order valence-corrected chi connectivity index (χ1v) is 12.6. The van der Waals surface area contributed by atoms with Crippen molar-refractivity contribution in [3.05, 3.63) is 65.1 Å². The minimum atomic E-state index is -3.32. The Morgan fingerprint density at radius 2 is 2.00 bits per heavy atom. The fourth-order valence-electron chi connectivity index (χ4n) is 4.10. The topological polar surface area (TPSA) is 88.1 Å². The van der Waals surface area contributed by atoms with E-state index in [4.69, 9.17) is 0 Å². The number of sulfonamides is 1. The van der Waals surface area contributed by atoms with E-state index in [9.17, 15) is 8.42 Å². The van der Waals surface area contributed by atoms with Crippen LogP contribution in [0.4, 0.5) is 11.5 Å². The summed E-state index contributed by atoms with van der Waals surface area (Å²) in [5, 5.41) is 1.01. The number of fused-ring (bicyclic) bond motifs is 2. The van der Waals surface area contributed by atoms with Crippen LogP contribution in [0.3, 0.4) is 0 Å². The van der Waals surface area contributed by atoms with Crippen LogP contribution in [-0.4, -0.2) is 36.2 Å². The third-order valence-electron chi connectivity index (χ3n) is 5.45. The Morgan fingerprint density at radius 3 is 2.77 bits per heavy atom. The van der Waals surface area contributed by atoms with Crippen molar-refractivity contribution in [3.8, 4) is 10.4 Å². The Labute approximate surface area is 184 Å². The summed E-state index contributed by atoms with van der Waals surface area (Å²) in [6, 6.07) is 10.0. The average Bonchev–Trinajstić information content (AvgIpc) is 3.27. The van der Waals surface area contributed by atoms with E-state index in [1.54, 1.807) is 17.7 Å². The second kappa shape index (κ2) is 7.58. The smallest absolute Gasteiger partial charge is 0.229 e. The van der Waals surface area contributed by atoms with Gasteiger partial charge in [-0.15, -0.1) is 11.3 Å². The van der Waals surface area contributed by atoms with Crippen LogP contribution in [0.15, 0.2) is 48.4 Å². The van der Waals surface area contributed by atoms with Crippen LogP contribution in [0, 0.1) is 6.92 Å². The number of aryl methyl sites for hydroxylation is 1. The van der Waals surface area contributed by atoms with Crippen molar-refractivity contribution in [1.29, 1.82) is 0 Å². The Bertz CT molecular complexity index is 1380. The van der Waals surface area contributed by atoms with Gasteiger partial charge in [0.1, 0.15) is 12.1 Å². The molecule has 0 aliphatic carbocycles. The summed E-state index contributed by atoms with van der Waals surface area (Å²) < 4.78 is 25.8. The molecule has 2 aromatic carbocycles. The SMILES string of the molecule is Cc1cc(-c2cncs2)cc2c(N3CCc4ccc(NS(C)(=O)=O)cc4C3)ncnc12. The standard InChI is InChI=1S/C22H21N5O2S2/c1-14-7-16(20-10-23-13-30-20)9-19-21(14)24-12-25-22(19)27-6-5-15-3-4-18(8-17(15)11-27)26-31(2,28)29/h3-4,7-10,12-13,26H,5-6,11H2,1-2H3. The highest BCUT2D eigenvalue weighted by Crippen LogP contribution is 2.34. The first-order valence-electron chi connectivity index (χ1n) is 9.86. The number of nitrogens with one attached hydrogen (secondary N) is 1. The quantitative estimate of drug-likeness (QED) is 0.505. The minimum Gasteiger partial charge on any atom is -0.351 e. The van der Waals surface area contributed by atoms with E-state index in [0.29, 0.717) is 12.2 Å². The van der Waals surface area contributed by atoms with Crippen LogP contribution >= 0.6 is 11.3 Å². The molecule has 4 aromatic rings. The zero-order valence-electron chi connectivity index (χ0n) is 17.2. The Morgan fingerprint density at radius 1 is 1.13 bits per heavy atom. The Kier molecular flexibility index (Phi) is 4.86. The van der Waals surface area contributed by atoms with Crippen LogP contribution in [0.1, 0.15) is 16.7 Å². The molecule has 5 rings (SSSR count). The maximum absolute atomic E-state index is 11.6. The van der Waals surface area contributed by atoms with Crippen molar-refractivity contribution < 1.29 is 8.42 Å². The summed E-state index contributed by atoms with van der Waals surface area (Å²) in [4.78, 5) is 16.7. The zero-order chi connectivity index (χ0) is 21.6. The maximum atomic E-state index is 11.6. The lowest BCUT2D eigenvalue weighted by Crippen LogP contribution is -2.31. The summed E-state index contributed by atoms with van der Waals surface area (Å²) in [5.41, 5.74) is 7.90. The fraction of sp³-hybridized carbons (Fsp3) is 0.227. The highest BCUT2D eigenvalue weighted by atomic mass is 32.2. The molecule has 7 nitrogen and oxygen atoms in total. The van der Waals surface area contributed by atoms with Crippen LogP contribution in [0.25, 0.3) is 21.3 Å². The molecule has 0 spiro atoms. The molecule has 0 unspecified atom stereocenters. The van der Waals surface area contributed by atoms with Gasteiger partial charge in [0.05, 0.1) is 22.2 Å². The Hall–Kier alpha value is -3.04. The molecule has 0 amide bonds. The predicted octanol–water partition coefficient (Wildman–Crippen LogP) is 4.00. The van der Waals surface area contributed by atoms with Crippen molar-refractivity contribution in [1.82, 2.24) is 15.0 Å². The third-order valence-corrected chi connectivity index (χ3v) is 6.88. The summed E-state index contributed by atoms with van der Waals surface area (Å²) in [6.45, 7) is 3.56. The van der Waals surface area contributed by atoms with Gasteiger partial charge in [0.15, 0.2) is 0 Å². The average molecular weight is 452 g/mol. The number of hydrogen-bond donors (Lipinski definition) is 1. The monoisotopic (exact) mass is 451 g/mol. The van der Waals surface area contributed by atoms with Gasteiger partial charge in [-0.25, -0.2) is 18.4 Å². The lowest BCUT2D eigenvalue weighted by molar-refractivity contribution is 0.607. The van der Waals surface area contributed by atoms with E-state index in [-0.39, 0.29) is 0 Å². The van der Waals surface area contributed by atoms with Crippen molar-refractivity contribution in [2.75, 3.05) is 22.4 Å². The number of anilines is 2. The predicted molar refractivity (Wildman–Crippen MR) is 125 cm³/mol. The molecule has 158 valence electrons. The zero-order valence-corrected chi connectivity index (χ0v) is 18.8. The van der Waals surface area contributed by atoms with E-state index in [1.165, 1.54) is 5.56 Å². The molecule has 0 radical (unpaired) electrons. The van der Waals surface area contributed by atoms with Crippen molar-refractivity contribution in [3.63, 3.8) is 0 Å². The normalized spacial score (nSPS) is 13.9. The number of aromatic nitrogens is 3. The second-order valence-corrected chi connectivity index (χ2v) is 10.4. The van der Waals surface area contributed by atoms with Crippen LogP contribution in [0.5, 0.6) is 0 Å². The molecule has 0 bridgehead atoms. The first kappa shape index (κ1) is 19.9. The highest BCUT2D eigenvalue weighted by Gasteiger charge is 2.21. The summed E-state index contributed by atoms with van der Waals surface area (Å²) in [5.74, 6) is 0.895. The molecular formula is C22H21N5O2S2. The van der Waals surface area contributed by atoms with Crippen LogP contribution in [-0.2, 0) is 23.0 Å². The van der Waals surface area contributed by atoms with Gasteiger partial charge in [-0.05, 0) is 59.9 Å². The fourth-order valence-corrected chi connectivity index (χ4v) is 5.27. The van der Waals surface area contributed by atoms with Crippen molar-refractivity contribution in [2.45, 2.75) is 19.9 Å². The van der Waals surface area contributed by atoms with E-state index in [0.717, 1.165) is 57.5 Å². The summed E-state index contributed by atoms with van der Waals surface area (Å²) in [7, 11) is -3.32. The Balaban J connectivity index is 1.55. The number of nitrogens with zero attached hydrogens (tertiary/aromatic N) is 4. The molecule has 1 aliphatic rings. The van der Waals surface area contributed by atoms with Gasteiger partial charge in [-0.3, -0.25) is 9.71 Å². The lowest BCUT2D eigenvalue weighted by Gasteiger charge is -2.31. The number of rotatable bonds is 4. The number of hydrogen-bond acceptors (Lipinski definition) is 7. The van der Waals surface area contributed by atoms with Crippen LogP contribution in [0.2, 0.25) is 0 Å². The molecule has 1 aliphatic heterocycles. The number of benzene rings is 2. The van der Waals surface area contributed by atoms with Crippen LogP contribution < -0.4 is 9.62 Å². The maximum Gasteiger partial charge on any atom is 0.229 e. The highest BCUT2D eigenvalue weighted by molar-refractivity contribution is 7.92. The van der Waals surface area contributed by atoms with Crippen molar-refractivity contribution in [2.24, 2.45) is 0 Å². The van der Waals surface area contributed by atoms with Gasteiger partial charge in [0, 0.05) is 30.4 Å². The molecule has 0 saturated carbocycles. The largest absolute Gasteiger partial charge is 0.351 e. The van der Waals surface area contributed by atoms with E-state index in [1.807, 2.05) is 29.9 Å². The van der Waals surface area contributed by atoms with Gasteiger partial charge < -0.3 is 4.90 Å². The van der Waals surface area contributed by atoms with Gasteiger partial charge in [0.25, 0.3) is 0 Å². The van der Waals surface area contributed by atoms with Gasteiger partial charge in [0.2, 0.25) is 10.0 Å². The third kappa shape index (κ3) is 3.98. The molecule has 3 heterocycles. The molecule has 0 fully saturated rings. The van der Waals surface area contributed by atoms with Gasteiger partial charge >= 0.3 is 0 Å². The minimum absolute atomic E-state index is 0.582. The summed E-state index contributed by atoms with van der Waals surface area (Å²) in [6.07, 6.45) is 5.53. The molecule has 0 saturated heterocycles.